The van der Waals surface area contributed by atoms with Crippen molar-refractivity contribution in [3.05, 3.63) is 29.8 Å². The van der Waals surface area contributed by atoms with E-state index in [1.807, 2.05) is 0 Å². The number of likely N-dealkylation sites (tertiary alicyclic amines) is 1. The number of imide groups is 1. The average molecular weight is 303 g/mol. The maximum absolute atomic E-state index is 12.6. The number of methoxy groups -OCH3 is 1. The van der Waals surface area contributed by atoms with E-state index >= 15 is 0 Å². The number of nitrogens with one attached hydrogen (secondary N) is 2. The van der Waals surface area contributed by atoms with Crippen LogP contribution in [0.1, 0.15) is 23.2 Å². The van der Waals surface area contributed by atoms with E-state index in [0.29, 0.717) is 37.2 Å². The van der Waals surface area contributed by atoms with Gasteiger partial charge in [0.05, 0.1) is 12.7 Å². The molecule has 0 atom stereocenters. The van der Waals surface area contributed by atoms with E-state index in [4.69, 9.17) is 4.74 Å². The number of hydrogen-bond donors (Lipinski definition) is 2. The number of ether oxygens (including phenoxy) is 1. The summed E-state index contributed by atoms with van der Waals surface area (Å²) in [5.41, 5.74) is -0.366. The van der Waals surface area contributed by atoms with E-state index in [9.17, 15) is 14.4 Å². The lowest BCUT2D eigenvalue weighted by molar-refractivity contribution is -0.125. The van der Waals surface area contributed by atoms with Gasteiger partial charge in [0.1, 0.15) is 11.3 Å². The fraction of sp³-hybridized carbons (Fsp3) is 0.400. The Balaban J connectivity index is 1.73. The van der Waals surface area contributed by atoms with E-state index in [0.717, 1.165) is 0 Å². The van der Waals surface area contributed by atoms with Gasteiger partial charge in [-0.05, 0) is 25.0 Å². The number of para-hydroxylation sites is 1. The van der Waals surface area contributed by atoms with Gasteiger partial charge in [0.15, 0.2) is 0 Å². The van der Waals surface area contributed by atoms with Crippen LogP contribution < -0.4 is 15.4 Å². The molecule has 22 heavy (non-hydrogen) atoms. The number of carbonyl (C=O) groups excluding carboxylic acids is 3. The minimum Gasteiger partial charge on any atom is -0.496 e. The van der Waals surface area contributed by atoms with Gasteiger partial charge < -0.3 is 15.0 Å². The molecule has 0 saturated carbocycles. The average Bonchev–Trinajstić information content (AvgIpc) is 2.81. The zero-order valence-electron chi connectivity index (χ0n) is 12.2. The van der Waals surface area contributed by atoms with E-state index in [-0.39, 0.29) is 11.8 Å². The fourth-order valence-corrected chi connectivity index (χ4v) is 2.96. The SMILES string of the molecule is COc1ccccc1C(=O)N1CCC2(CC1)NC(=O)NC2=O. The van der Waals surface area contributed by atoms with Crippen LogP contribution in [0.15, 0.2) is 24.3 Å². The van der Waals surface area contributed by atoms with Gasteiger partial charge in [-0.15, -0.1) is 0 Å². The first-order valence-electron chi connectivity index (χ1n) is 7.12. The Labute approximate surface area is 127 Å². The smallest absolute Gasteiger partial charge is 0.322 e. The molecule has 0 aliphatic carbocycles. The second kappa shape index (κ2) is 5.32. The molecule has 7 nitrogen and oxygen atoms in total. The van der Waals surface area contributed by atoms with Gasteiger partial charge in [-0.2, -0.15) is 0 Å². The summed E-state index contributed by atoms with van der Waals surface area (Å²) in [4.78, 5) is 37.5. The van der Waals surface area contributed by atoms with Crippen molar-refractivity contribution in [2.45, 2.75) is 18.4 Å². The largest absolute Gasteiger partial charge is 0.496 e. The Bertz CT molecular complexity index is 635. The Hall–Kier alpha value is -2.57. The van der Waals surface area contributed by atoms with Crippen molar-refractivity contribution in [1.29, 1.82) is 0 Å². The van der Waals surface area contributed by atoms with Crippen LogP contribution in [0.3, 0.4) is 0 Å². The minimum absolute atomic E-state index is 0.128. The van der Waals surface area contributed by atoms with Crippen LogP contribution in [0, 0.1) is 0 Å². The summed E-state index contributed by atoms with van der Waals surface area (Å²) in [6.45, 7) is 0.815. The Morgan fingerprint density at radius 2 is 1.91 bits per heavy atom. The maximum atomic E-state index is 12.6. The highest BCUT2D eigenvalue weighted by Crippen LogP contribution is 2.28. The van der Waals surface area contributed by atoms with E-state index in [2.05, 4.69) is 10.6 Å². The van der Waals surface area contributed by atoms with E-state index < -0.39 is 11.6 Å². The predicted molar refractivity (Wildman–Crippen MR) is 77.5 cm³/mol. The van der Waals surface area contributed by atoms with Crippen LogP contribution >= 0.6 is 0 Å². The third-order valence-corrected chi connectivity index (χ3v) is 4.26. The third-order valence-electron chi connectivity index (χ3n) is 4.26. The maximum Gasteiger partial charge on any atom is 0.322 e. The zero-order valence-corrected chi connectivity index (χ0v) is 12.2. The van der Waals surface area contributed by atoms with Crippen LogP contribution in [0.25, 0.3) is 0 Å². The predicted octanol–water partition coefficient (Wildman–Crippen LogP) is 0.509. The molecule has 1 spiro atoms. The molecule has 2 heterocycles. The van der Waals surface area contributed by atoms with Crippen LogP contribution in [-0.2, 0) is 4.79 Å². The second-order valence-corrected chi connectivity index (χ2v) is 5.48. The fourth-order valence-electron chi connectivity index (χ4n) is 2.96. The van der Waals surface area contributed by atoms with Crippen molar-refractivity contribution in [3.8, 4) is 5.75 Å². The lowest BCUT2D eigenvalue weighted by Crippen LogP contribution is -2.55. The molecule has 0 bridgehead atoms. The Morgan fingerprint density at radius 3 is 2.50 bits per heavy atom. The molecule has 1 aromatic carbocycles. The van der Waals surface area contributed by atoms with Gasteiger partial charge in [-0.1, -0.05) is 12.1 Å². The number of hydrogen-bond acceptors (Lipinski definition) is 4. The lowest BCUT2D eigenvalue weighted by Gasteiger charge is -2.37. The van der Waals surface area contributed by atoms with Gasteiger partial charge in [-0.3, -0.25) is 14.9 Å². The molecular formula is C15H17N3O4. The standard InChI is InChI=1S/C15H17N3O4/c1-22-11-5-3-2-4-10(11)12(19)18-8-6-15(7-9-18)13(20)16-14(21)17-15/h2-5H,6-9H2,1H3,(H2,16,17,20,21). The zero-order chi connectivity index (χ0) is 15.7. The molecule has 0 radical (unpaired) electrons. The highest BCUT2D eigenvalue weighted by molar-refractivity contribution is 6.07. The number of rotatable bonds is 2. The second-order valence-electron chi connectivity index (χ2n) is 5.48. The van der Waals surface area contributed by atoms with Gasteiger partial charge in [-0.25, -0.2) is 4.79 Å². The van der Waals surface area contributed by atoms with Gasteiger partial charge in [0, 0.05) is 13.1 Å². The molecule has 2 fully saturated rings. The molecule has 4 amide bonds. The first-order valence-corrected chi connectivity index (χ1v) is 7.12. The van der Waals surface area contributed by atoms with E-state index in [1.54, 1.807) is 29.2 Å². The minimum atomic E-state index is -0.866. The molecule has 116 valence electrons. The number of amides is 4. The van der Waals surface area contributed by atoms with Crippen LogP contribution in [0.5, 0.6) is 5.75 Å². The molecule has 0 unspecified atom stereocenters. The van der Waals surface area contributed by atoms with Gasteiger partial charge in [0.2, 0.25) is 0 Å². The Morgan fingerprint density at radius 1 is 1.23 bits per heavy atom. The normalized spacial score (nSPS) is 19.8. The quantitative estimate of drug-likeness (QED) is 0.779. The topological polar surface area (TPSA) is 87.7 Å². The molecule has 1 aromatic rings. The number of benzene rings is 1. The lowest BCUT2D eigenvalue weighted by atomic mass is 9.87. The number of nitrogens with zero attached hydrogens (tertiary/aromatic N) is 1. The van der Waals surface area contributed by atoms with Crippen LogP contribution in [-0.4, -0.2) is 48.5 Å². The molecule has 3 rings (SSSR count). The monoisotopic (exact) mass is 303 g/mol. The van der Waals surface area contributed by atoms with Crippen molar-refractivity contribution in [2.24, 2.45) is 0 Å². The summed E-state index contributed by atoms with van der Waals surface area (Å²) in [7, 11) is 1.52. The molecule has 2 saturated heterocycles. The van der Waals surface area contributed by atoms with Crippen molar-refractivity contribution in [3.63, 3.8) is 0 Å². The first-order chi connectivity index (χ1) is 10.6. The highest BCUT2D eigenvalue weighted by Gasteiger charge is 2.48. The summed E-state index contributed by atoms with van der Waals surface area (Å²) in [6, 6.07) is 6.58. The molecule has 0 aromatic heterocycles. The Kier molecular flexibility index (Phi) is 3.48. The highest BCUT2D eigenvalue weighted by atomic mass is 16.5. The van der Waals surface area contributed by atoms with Crippen LogP contribution in [0.2, 0.25) is 0 Å². The van der Waals surface area contributed by atoms with Gasteiger partial charge >= 0.3 is 6.03 Å². The first kappa shape index (κ1) is 14.4. The number of piperidine rings is 1. The van der Waals surface area contributed by atoms with Crippen LogP contribution in [0.4, 0.5) is 4.79 Å². The number of urea groups is 1. The van der Waals surface area contributed by atoms with Crippen molar-refractivity contribution in [1.82, 2.24) is 15.5 Å². The summed E-state index contributed by atoms with van der Waals surface area (Å²) >= 11 is 0. The van der Waals surface area contributed by atoms with Gasteiger partial charge in [0.25, 0.3) is 11.8 Å². The summed E-state index contributed by atoms with van der Waals surface area (Å²) in [6.07, 6.45) is 0.816. The molecule has 2 aliphatic heterocycles. The van der Waals surface area contributed by atoms with E-state index in [1.165, 1.54) is 7.11 Å². The summed E-state index contributed by atoms with van der Waals surface area (Å²) in [5.74, 6) is 0.0959. The third kappa shape index (κ3) is 2.28. The summed E-state index contributed by atoms with van der Waals surface area (Å²) in [5, 5.41) is 4.94. The molecule has 2 N–H and O–H groups in total. The molecule has 7 heteroatoms. The summed E-state index contributed by atoms with van der Waals surface area (Å²) < 4.78 is 5.21. The molecule has 2 aliphatic rings. The number of carbonyl (C=O) groups is 3. The van der Waals surface area contributed by atoms with Crippen molar-refractivity contribution in [2.75, 3.05) is 20.2 Å². The molecular weight excluding hydrogens is 286 g/mol. The van der Waals surface area contributed by atoms with Crippen molar-refractivity contribution < 1.29 is 19.1 Å². The van der Waals surface area contributed by atoms with Crippen molar-refractivity contribution >= 4 is 17.8 Å².